The lowest BCUT2D eigenvalue weighted by Crippen LogP contribution is -2.65. The number of carbonyl (C=O) groups is 10. The van der Waals surface area contributed by atoms with Crippen molar-refractivity contribution < 1.29 is 83.3 Å². The number of aliphatic hydroxyl groups is 3. The van der Waals surface area contributed by atoms with E-state index in [0.717, 1.165) is 0 Å². The molecule has 27 nitrogen and oxygen atoms in total. The van der Waals surface area contributed by atoms with Crippen LogP contribution in [0, 0.1) is 5.92 Å². The topological polar surface area (TPSA) is 448 Å². The van der Waals surface area contributed by atoms with Crippen molar-refractivity contribution >= 4 is 59.3 Å². The maximum Gasteiger partial charge on any atom is 0.305 e. The van der Waals surface area contributed by atoms with Crippen molar-refractivity contribution in [1.29, 1.82) is 0 Å². The monoisotopic (exact) mass is 804 g/mol. The van der Waals surface area contributed by atoms with Crippen LogP contribution >= 0.6 is 0 Å². The highest BCUT2D eigenvalue weighted by Crippen LogP contribution is 2.22. The number of nitrogens with one attached hydrogen (secondary N) is 6. The molecule has 0 spiro atoms. The van der Waals surface area contributed by atoms with Crippen LogP contribution in [0.4, 0.5) is 0 Å². The Kier molecular flexibility index (Phi) is 19.6. The molecule has 1 rings (SSSR count). The summed E-state index contributed by atoms with van der Waals surface area (Å²) >= 11 is 0. The van der Waals surface area contributed by atoms with E-state index >= 15 is 0 Å². The lowest BCUT2D eigenvalue weighted by molar-refractivity contribution is -0.219. The van der Waals surface area contributed by atoms with Crippen LogP contribution in [0.15, 0.2) is 5.11 Å². The van der Waals surface area contributed by atoms with Crippen LogP contribution in [-0.2, 0) is 52.7 Å². The summed E-state index contributed by atoms with van der Waals surface area (Å²) < 4.78 is 5.33. The number of primary amides is 1. The largest absolute Gasteiger partial charge is 0.481 e. The first-order valence-electron chi connectivity index (χ1n) is 16.5. The van der Waals surface area contributed by atoms with Gasteiger partial charge in [0.1, 0.15) is 55.1 Å². The molecule has 0 aliphatic carbocycles. The Labute approximate surface area is 315 Å². The van der Waals surface area contributed by atoms with Crippen LogP contribution in [0.2, 0.25) is 0 Å². The molecule has 1 fully saturated rings. The second-order valence-corrected chi connectivity index (χ2v) is 12.5. The first kappa shape index (κ1) is 47.9. The molecule has 7 amide bonds. The molecule has 1 heterocycles. The smallest absolute Gasteiger partial charge is 0.305 e. The zero-order valence-corrected chi connectivity index (χ0v) is 29.8. The molecule has 0 aromatic rings. The summed E-state index contributed by atoms with van der Waals surface area (Å²) in [5.41, 5.74) is 13.3. The number of ether oxygens (including phenoxy) is 1. The van der Waals surface area contributed by atoms with Crippen molar-refractivity contribution in [3.05, 3.63) is 10.4 Å². The molecule has 0 aromatic carbocycles. The minimum Gasteiger partial charge on any atom is -0.481 e. The number of nitrogens with two attached hydrogens (primary N) is 1. The fraction of sp³-hybridized carbons (Fsp3) is 0.655. The van der Waals surface area contributed by atoms with Crippen molar-refractivity contribution in [2.24, 2.45) is 16.8 Å². The van der Waals surface area contributed by atoms with Crippen LogP contribution in [0.3, 0.4) is 0 Å². The van der Waals surface area contributed by atoms with E-state index in [1.165, 1.54) is 13.8 Å². The summed E-state index contributed by atoms with van der Waals surface area (Å²) in [6.45, 7) is 0.860. The van der Waals surface area contributed by atoms with Crippen molar-refractivity contribution in [1.82, 2.24) is 31.9 Å². The van der Waals surface area contributed by atoms with Crippen LogP contribution < -0.4 is 37.6 Å². The Morgan fingerprint density at radius 3 is 1.80 bits per heavy atom. The zero-order chi connectivity index (χ0) is 42.9. The number of nitrogens with zero attached hydrogens (tertiary/aromatic N) is 3. The number of rotatable bonds is 23. The molecule has 5 unspecified atom stereocenters. The molecule has 9 atom stereocenters. The summed E-state index contributed by atoms with van der Waals surface area (Å²) in [5, 5.41) is 74.6. The molecule has 0 aromatic heterocycles. The highest BCUT2D eigenvalue weighted by atomic mass is 16.5. The first-order chi connectivity index (χ1) is 26.1. The molecule has 0 radical (unpaired) electrons. The van der Waals surface area contributed by atoms with E-state index in [0.29, 0.717) is 0 Å². The quantitative estimate of drug-likeness (QED) is 0.0259. The lowest BCUT2D eigenvalue weighted by Gasteiger charge is -2.40. The maximum absolute atomic E-state index is 13.4. The summed E-state index contributed by atoms with van der Waals surface area (Å²) in [7, 11) is 0. The molecular formula is C29H44N10O17. The highest BCUT2D eigenvalue weighted by molar-refractivity contribution is 5.98. The van der Waals surface area contributed by atoms with Gasteiger partial charge in [-0.15, -0.1) is 0 Å². The third-order valence-electron chi connectivity index (χ3n) is 7.74. The Morgan fingerprint density at radius 2 is 1.29 bits per heavy atom. The molecule has 56 heavy (non-hydrogen) atoms. The number of aliphatic carboxylic acids is 3. The van der Waals surface area contributed by atoms with Gasteiger partial charge in [0.15, 0.2) is 6.10 Å². The van der Waals surface area contributed by atoms with Gasteiger partial charge < -0.3 is 73.0 Å². The normalized spacial score (nSPS) is 21.0. The van der Waals surface area contributed by atoms with E-state index in [1.54, 1.807) is 0 Å². The number of aliphatic hydroxyl groups excluding tert-OH is 3. The lowest BCUT2D eigenvalue weighted by atomic mass is 9.94. The molecule has 1 aliphatic heterocycles. The van der Waals surface area contributed by atoms with Gasteiger partial charge in [-0.3, -0.25) is 47.9 Å². The molecular weight excluding hydrogens is 760 g/mol. The van der Waals surface area contributed by atoms with Crippen LogP contribution in [-0.4, -0.2) is 164 Å². The Morgan fingerprint density at radius 1 is 0.732 bits per heavy atom. The predicted molar refractivity (Wildman–Crippen MR) is 180 cm³/mol. The number of carbonyl (C=O) groups excluding carboxylic acids is 7. The van der Waals surface area contributed by atoms with Gasteiger partial charge in [0.2, 0.25) is 35.4 Å². The fourth-order valence-electron chi connectivity index (χ4n) is 4.88. The van der Waals surface area contributed by atoms with E-state index in [2.05, 4.69) is 31.3 Å². The number of amides is 7. The molecule has 1 saturated heterocycles. The van der Waals surface area contributed by atoms with E-state index < -0.39 is 165 Å². The Bertz CT molecular complexity index is 1550. The number of hydrogen-bond donors (Lipinski definition) is 13. The minimum absolute atomic E-state index is 0.591. The Hall–Kier alpha value is -6.15. The van der Waals surface area contributed by atoms with Gasteiger partial charge in [0.25, 0.3) is 5.91 Å². The second-order valence-electron chi connectivity index (χ2n) is 12.5. The third-order valence-corrected chi connectivity index (χ3v) is 7.74. The van der Waals surface area contributed by atoms with Gasteiger partial charge >= 0.3 is 17.9 Å². The van der Waals surface area contributed by atoms with Crippen LogP contribution in [0.25, 0.3) is 10.4 Å². The molecule has 14 N–H and O–H groups in total. The van der Waals surface area contributed by atoms with Crippen molar-refractivity contribution in [2.75, 3.05) is 19.6 Å². The molecule has 1 aliphatic rings. The van der Waals surface area contributed by atoms with Crippen molar-refractivity contribution in [3.63, 3.8) is 0 Å². The third kappa shape index (κ3) is 16.1. The average Bonchev–Trinajstić information content (AvgIpc) is 3.10. The van der Waals surface area contributed by atoms with E-state index in [1.807, 2.05) is 10.6 Å². The van der Waals surface area contributed by atoms with E-state index in [4.69, 9.17) is 16.0 Å². The predicted octanol–water partition coefficient (Wildman–Crippen LogP) is -6.73. The Balaban J connectivity index is 3.26. The van der Waals surface area contributed by atoms with Gasteiger partial charge in [-0.05, 0) is 17.9 Å². The summed E-state index contributed by atoms with van der Waals surface area (Å²) in [6.07, 6.45) is -13.4. The number of carboxylic acids is 3. The van der Waals surface area contributed by atoms with Gasteiger partial charge in [0.05, 0.1) is 19.4 Å². The standard InChI is InChI=1S/C29H44N10O17/c1-10(2)20(28(54)36-12(5-18(44)45)25(51)33-8-15(30)40)38-26(52)11(3-4-17(42)43)35-27(53)13(6-19(46)47)37-29(55)24-23(50)22(49)21(48)14(56-24)7-32-16(41)9-34-39-31/h10-14,20-24,48-50H,3-9H2,1-2H3,(H2,30,40)(H,32,41)(H,33,51)(H,35,53)(H,36,54)(H,37,55)(H,38,52)(H,42,43)(H,44,45)(H,46,47)/t11-,12-,13-,14?,20-,21?,22?,23?,24?/m0/s1. The van der Waals surface area contributed by atoms with Crippen molar-refractivity contribution in [3.8, 4) is 0 Å². The SMILES string of the molecule is CC(C)[C@H](NC(=O)[C@H](CCC(=O)O)NC(=O)[C@H](CC(=O)O)NC(=O)C1OC(CNC(=O)CN=[N+]=[N-])C(O)C(O)C1O)C(=O)N[C@@H](CC(=O)O)C(=O)NCC(N)=O. The van der Waals surface area contributed by atoms with E-state index in [9.17, 15) is 78.6 Å². The maximum atomic E-state index is 13.4. The molecule has 0 bridgehead atoms. The average molecular weight is 805 g/mol. The van der Waals surface area contributed by atoms with Crippen LogP contribution in [0.5, 0.6) is 0 Å². The molecule has 0 saturated carbocycles. The molecule has 312 valence electrons. The molecule has 27 heteroatoms. The van der Waals surface area contributed by atoms with Gasteiger partial charge in [-0.2, -0.15) is 0 Å². The summed E-state index contributed by atoms with van der Waals surface area (Å²) in [5.74, 6) is -13.6. The van der Waals surface area contributed by atoms with Crippen molar-refractivity contribution in [2.45, 2.75) is 94.2 Å². The zero-order valence-electron chi connectivity index (χ0n) is 29.8. The summed E-state index contributed by atoms with van der Waals surface area (Å²) in [4.78, 5) is 125. The summed E-state index contributed by atoms with van der Waals surface area (Å²) in [6, 6.07) is -7.28. The minimum atomic E-state index is -2.17. The fourth-order valence-corrected chi connectivity index (χ4v) is 4.88. The van der Waals surface area contributed by atoms with E-state index in [-0.39, 0.29) is 0 Å². The van der Waals surface area contributed by atoms with Gasteiger partial charge in [0, 0.05) is 17.9 Å². The number of azide groups is 1. The van der Waals surface area contributed by atoms with Gasteiger partial charge in [-0.1, -0.05) is 19.0 Å². The number of hydrogen-bond acceptors (Lipinski definition) is 15. The van der Waals surface area contributed by atoms with Crippen LogP contribution in [0.1, 0.15) is 39.5 Å². The first-order valence-corrected chi connectivity index (χ1v) is 16.5. The highest BCUT2D eigenvalue weighted by Gasteiger charge is 2.47. The van der Waals surface area contributed by atoms with Gasteiger partial charge in [-0.25, -0.2) is 0 Å². The second kappa shape index (κ2) is 22.9. The number of carboxylic acid groups (broad SMARTS) is 3.